The van der Waals surface area contributed by atoms with Crippen molar-refractivity contribution in [3.05, 3.63) is 0 Å². The Morgan fingerprint density at radius 1 is 0.909 bits per heavy atom. The SMILES string of the molecule is O[C@H]1CC[C@H]2[C@H]3CC[C@H](C3)[C@H]21. The van der Waals surface area contributed by atoms with E-state index in [0.29, 0.717) is 0 Å². The first-order valence-corrected chi connectivity index (χ1v) is 5.04. The lowest BCUT2D eigenvalue weighted by molar-refractivity contribution is 0.0863. The minimum absolute atomic E-state index is 0.0790. The Bertz CT molecular complexity index is 178. The maximum Gasteiger partial charge on any atom is 0.0573 e. The van der Waals surface area contributed by atoms with Crippen LogP contribution in [0.15, 0.2) is 0 Å². The zero-order chi connectivity index (χ0) is 7.42. The van der Waals surface area contributed by atoms with Gasteiger partial charge in [-0.25, -0.2) is 0 Å². The van der Waals surface area contributed by atoms with E-state index in [2.05, 4.69) is 0 Å². The zero-order valence-electron chi connectivity index (χ0n) is 6.87. The van der Waals surface area contributed by atoms with Crippen LogP contribution in [0.5, 0.6) is 0 Å². The van der Waals surface area contributed by atoms with Crippen molar-refractivity contribution in [2.45, 2.75) is 38.2 Å². The third-order valence-corrected chi connectivity index (χ3v) is 4.40. The van der Waals surface area contributed by atoms with E-state index >= 15 is 0 Å². The molecule has 0 spiro atoms. The van der Waals surface area contributed by atoms with Crippen LogP contribution in [0.4, 0.5) is 0 Å². The van der Waals surface area contributed by atoms with Gasteiger partial charge in [0.05, 0.1) is 6.10 Å². The minimum atomic E-state index is 0.0790. The van der Waals surface area contributed by atoms with Gasteiger partial charge in [0, 0.05) is 0 Å². The van der Waals surface area contributed by atoms with Crippen LogP contribution in [-0.2, 0) is 0 Å². The predicted octanol–water partition coefficient (Wildman–Crippen LogP) is 1.80. The van der Waals surface area contributed by atoms with E-state index in [4.69, 9.17) is 0 Å². The van der Waals surface area contributed by atoms with E-state index in [1.807, 2.05) is 0 Å². The van der Waals surface area contributed by atoms with E-state index in [1.165, 1.54) is 25.7 Å². The first-order chi connectivity index (χ1) is 5.36. The van der Waals surface area contributed by atoms with Gasteiger partial charge in [-0.3, -0.25) is 0 Å². The summed E-state index contributed by atoms with van der Waals surface area (Å²) in [7, 11) is 0. The molecule has 0 aliphatic heterocycles. The number of hydrogen-bond donors (Lipinski definition) is 1. The predicted molar refractivity (Wildman–Crippen MR) is 43.1 cm³/mol. The van der Waals surface area contributed by atoms with Crippen molar-refractivity contribution in [2.75, 3.05) is 0 Å². The van der Waals surface area contributed by atoms with Crippen molar-refractivity contribution in [3.63, 3.8) is 0 Å². The van der Waals surface area contributed by atoms with Gasteiger partial charge >= 0.3 is 0 Å². The van der Waals surface area contributed by atoms with Gasteiger partial charge in [0.1, 0.15) is 0 Å². The lowest BCUT2D eigenvalue weighted by Gasteiger charge is -2.26. The molecule has 0 radical (unpaired) electrons. The summed E-state index contributed by atoms with van der Waals surface area (Å²) in [6.07, 6.45) is 6.85. The van der Waals surface area contributed by atoms with E-state index in [9.17, 15) is 5.11 Å². The van der Waals surface area contributed by atoms with Crippen molar-refractivity contribution < 1.29 is 5.11 Å². The molecular formula is C10H16O. The molecule has 3 rings (SSSR count). The Labute approximate surface area is 67.8 Å². The molecule has 3 saturated carbocycles. The molecule has 11 heavy (non-hydrogen) atoms. The topological polar surface area (TPSA) is 20.2 Å². The van der Waals surface area contributed by atoms with E-state index in [1.54, 1.807) is 0 Å². The second-order valence-corrected chi connectivity index (χ2v) is 4.72. The summed E-state index contributed by atoms with van der Waals surface area (Å²) in [6, 6.07) is 0. The molecule has 1 nitrogen and oxygen atoms in total. The summed E-state index contributed by atoms with van der Waals surface area (Å²) in [6.45, 7) is 0. The number of fused-ring (bicyclic) bond motifs is 5. The molecule has 0 unspecified atom stereocenters. The smallest absolute Gasteiger partial charge is 0.0573 e. The van der Waals surface area contributed by atoms with Gasteiger partial charge in [0.25, 0.3) is 0 Å². The molecule has 3 aliphatic rings. The van der Waals surface area contributed by atoms with Crippen molar-refractivity contribution in [2.24, 2.45) is 23.7 Å². The second-order valence-electron chi connectivity index (χ2n) is 4.72. The van der Waals surface area contributed by atoms with E-state index < -0.39 is 0 Å². The Morgan fingerprint density at radius 2 is 1.73 bits per heavy atom. The Morgan fingerprint density at radius 3 is 2.55 bits per heavy atom. The summed E-state index contributed by atoms with van der Waals surface area (Å²) in [5.74, 6) is 3.60. The van der Waals surface area contributed by atoms with Crippen LogP contribution in [0.2, 0.25) is 0 Å². The standard InChI is InChI=1S/C10H16O/c11-9-4-3-8-6-1-2-7(5-6)10(8)9/h6-11H,1-5H2/t6-,7+,8-,9-,10+/m0/s1. The lowest BCUT2D eigenvalue weighted by atomic mass is 9.81. The van der Waals surface area contributed by atoms with Gasteiger partial charge in [-0.15, -0.1) is 0 Å². The third kappa shape index (κ3) is 0.703. The molecule has 62 valence electrons. The molecule has 0 saturated heterocycles. The highest BCUT2D eigenvalue weighted by atomic mass is 16.3. The highest BCUT2D eigenvalue weighted by Crippen LogP contribution is 2.58. The maximum absolute atomic E-state index is 9.72. The molecule has 3 fully saturated rings. The van der Waals surface area contributed by atoms with Crippen molar-refractivity contribution in [3.8, 4) is 0 Å². The third-order valence-electron chi connectivity index (χ3n) is 4.40. The Hall–Kier alpha value is -0.0400. The number of aliphatic hydroxyl groups is 1. The number of rotatable bonds is 0. The van der Waals surface area contributed by atoms with Crippen LogP contribution in [0.1, 0.15) is 32.1 Å². The van der Waals surface area contributed by atoms with Gasteiger partial charge in [-0.05, 0) is 55.8 Å². The van der Waals surface area contributed by atoms with Crippen LogP contribution in [0, 0.1) is 23.7 Å². The van der Waals surface area contributed by atoms with Crippen molar-refractivity contribution in [1.29, 1.82) is 0 Å². The molecule has 2 bridgehead atoms. The highest BCUT2D eigenvalue weighted by Gasteiger charge is 2.52. The summed E-state index contributed by atoms with van der Waals surface area (Å²) < 4.78 is 0. The molecule has 0 aromatic rings. The normalized spacial score (nSPS) is 60.3. The van der Waals surface area contributed by atoms with Crippen LogP contribution in [-0.4, -0.2) is 11.2 Å². The van der Waals surface area contributed by atoms with Crippen LogP contribution in [0.3, 0.4) is 0 Å². The lowest BCUT2D eigenvalue weighted by Crippen LogP contribution is -2.24. The van der Waals surface area contributed by atoms with Crippen molar-refractivity contribution >= 4 is 0 Å². The fourth-order valence-corrected chi connectivity index (χ4v) is 4.04. The maximum atomic E-state index is 9.72. The Kier molecular flexibility index (Phi) is 1.18. The molecule has 0 aromatic carbocycles. The molecule has 3 aliphatic carbocycles. The average molecular weight is 152 g/mol. The quantitative estimate of drug-likeness (QED) is 0.561. The molecule has 5 atom stereocenters. The Balaban J connectivity index is 1.91. The molecule has 0 heterocycles. The fourth-order valence-electron chi connectivity index (χ4n) is 4.04. The second kappa shape index (κ2) is 2.01. The summed E-state index contributed by atoms with van der Waals surface area (Å²) in [4.78, 5) is 0. The molecule has 1 heteroatoms. The summed E-state index contributed by atoms with van der Waals surface area (Å²) in [5.41, 5.74) is 0. The van der Waals surface area contributed by atoms with Crippen LogP contribution >= 0.6 is 0 Å². The first-order valence-electron chi connectivity index (χ1n) is 5.04. The number of hydrogen-bond acceptors (Lipinski definition) is 1. The first kappa shape index (κ1) is 6.47. The minimum Gasteiger partial charge on any atom is -0.393 e. The number of aliphatic hydroxyl groups excluding tert-OH is 1. The fraction of sp³-hybridized carbons (Fsp3) is 1.00. The van der Waals surface area contributed by atoms with E-state index in [0.717, 1.165) is 30.1 Å². The van der Waals surface area contributed by atoms with Gasteiger partial charge in [-0.1, -0.05) is 0 Å². The van der Waals surface area contributed by atoms with Gasteiger partial charge < -0.3 is 5.11 Å². The summed E-state index contributed by atoms with van der Waals surface area (Å²) >= 11 is 0. The van der Waals surface area contributed by atoms with Crippen molar-refractivity contribution in [1.82, 2.24) is 0 Å². The average Bonchev–Trinajstić information content (AvgIpc) is 2.60. The molecule has 0 amide bonds. The van der Waals surface area contributed by atoms with Gasteiger partial charge in [0.15, 0.2) is 0 Å². The zero-order valence-corrected chi connectivity index (χ0v) is 6.87. The molecule has 0 aromatic heterocycles. The van der Waals surface area contributed by atoms with Gasteiger partial charge in [-0.2, -0.15) is 0 Å². The summed E-state index contributed by atoms with van der Waals surface area (Å²) in [5, 5.41) is 9.72. The molecular weight excluding hydrogens is 136 g/mol. The highest BCUT2D eigenvalue weighted by molar-refractivity contribution is 5.02. The van der Waals surface area contributed by atoms with E-state index in [-0.39, 0.29) is 6.10 Å². The van der Waals surface area contributed by atoms with Crippen LogP contribution < -0.4 is 0 Å². The monoisotopic (exact) mass is 152 g/mol. The molecule has 1 N–H and O–H groups in total. The van der Waals surface area contributed by atoms with Gasteiger partial charge in [0.2, 0.25) is 0 Å². The largest absolute Gasteiger partial charge is 0.393 e. The van der Waals surface area contributed by atoms with Crippen LogP contribution in [0.25, 0.3) is 0 Å².